The third kappa shape index (κ3) is 3.17. The number of non-ortho nitro benzene ring substituents is 1. The van der Waals surface area contributed by atoms with Gasteiger partial charge in [0.05, 0.1) is 16.5 Å². The number of benzene rings is 1. The second-order valence-corrected chi connectivity index (χ2v) is 7.08. The molecule has 1 amide bonds. The molecule has 2 atom stereocenters. The van der Waals surface area contributed by atoms with Crippen molar-refractivity contribution in [3.63, 3.8) is 0 Å². The van der Waals surface area contributed by atoms with Gasteiger partial charge < -0.3 is 5.11 Å². The molecule has 0 aromatic heterocycles. The Balaban J connectivity index is 2.18. The number of nitrogens with zero attached hydrogens (tertiary/aromatic N) is 2. The summed E-state index contributed by atoms with van der Waals surface area (Å²) < 4.78 is 28.5. The highest BCUT2D eigenvalue weighted by atomic mass is 32.2. The summed E-state index contributed by atoms with van der Waals surface area (Å²) in [5, 5.41) is 22.2. The van der Waals surface area contributed by atoms with Gasteiger partial charge in [0.2, 0.25) is 0 Å². The lowest BCUT2D eigenvalue weighted by molar-refractivity contribution is -0.385. The Bertz CT molecular complexity index is 773. The number of hydrogen-bond donors (Lipinski definition) is 2. The maximum Gasteiger partial charge on any atom is 0.410 e. The van der Waals surface area contributed by atoms with Crippen LogP contribution in [0.25, 0.3) is 0 Å². The molecule has 1 saturated carbocycles. The number of thioether (sulfide) groups is 1. The van der Waals surface area contributed by atoms with E-state index in [0.29, 0.717) is 31.1 Å². The molecule has 1 fully saturated rings. The number of fused-ring (bicyclic) bond motifs is 1. The van der Waals surface area contributed by atoms with Crippen LogP contribution in [-0.2, 0) is 5.54 Å². The fraction of sp³-hybridized carbons (Fsp3) is 0.467. The molecule has 0 saturated heterocycles. The summed E-state index contributed by atoms with van der Waals surface area (Å²) in [6.45, 7) is 0. The molecule has 0 spiro atoms. The first kappa shape index (κ1) is 17.6. The molecular weight excluding hydrogens is 356 g/mol. The molecule has 1 aliphatic carbocycles. The topological polar surface area (TPSA) is 105 Å². The Hall–Kier alpha value is -2.23. The first-order valence-electron chi connectivity index (χ1n) is 7.70. The van der Waals surface area contributed by atoms with E-state index in [0.717, 1.165) is 12.5 Å². The van der Waals surface area contributed by atoms with Crippen LogP contribution in [-0.4, -0.2) is 27.0 Å². The number of amidine groups is 1. The van der Waals surface area contributed by atoms with Gasteiger partial charge in [-0.05, 0) is 18.8 Å². The Kier molecular flexibility index (Phi) is 4.63. The first-order chi connectivity index (χ1) is 11.8. The van der Waals surface area contributed by atoms with Crippen LogP contribution in [0.2, 0.25) is 0 Å². The molecule has 1 aromatic rings. The highest BCUT2D eigenvalue weighted by Crippen LogP contribution is 2.50. The first-order valence-corrected chi connectivity index (χ1v) is 8.68. The van der Waals surface area contributed by atoms with Crippen molar-refractivity contribution in [2.45, 2.75) is 31.2 Å². The summed E-state index contributed by atoms with van der Waals surface area (Å²) in [5.74, 6) is -2.14. The number of nitro groups is 1. The van der Waals surface area contributed by atoms with E-state index in [-0.39, 0.29) is 16.6 Å². The van der Waals surface area contributed by atoms with E-state index in [1.165, 1.54) is 11.8 Å². The van der Waals surface area contributed by atoms with Crippen molar-refractivity contribution in [1.82, 2.24) is 5.32 Å². The molecule has 3 rings (SSSR count). The van der Waals surface area contributed by atoms with Crippen LogP contribution in [0.5, 0.6) is 0 Å². The third-order valence-electron chi connectivity index (χ3n) is 4.66. The summed E-state index contributed by atoms with van der Waals surface area (Å²) in [7, 11) is 0. The normalized spacial score (nSPS) is 25.7. The van der Waals surface area contributed by atoms with Crippen molar-refractivity contribution in [1.29, 1.82) is 0 Å². The Labute approximate surface area is 145 Å². The maximum atomic E-state index is 14.6. The van der Waals surface area contributed by atoms with Crippen molar-refractivity contribution < 1.29 is 23.6 Å². The molecule has 1 heterocycles. The zero-order chi connectivity index (χ0) is 18.2. The molecule has 0 bridgehead atoms. The van der Waals surface area contributed by atoms with Crippen molar-refractivity contribution in [2.75, 3.05) is 5.75 Å². The molecule has 1 aliphatic heterocycles. The predicted molar refractivity (Wildman–Crippen MR) is 87.7 cm³/mol. The molecular formula is C15H15F2N3O4S. The van der Waals surface area contributed by atoms with Crippen LogP contribution in [0.1, 0.15) is 31.2 Å². The van der Waals surface area contributed by atoms with Crippen LogP contribution in [0, 0.1) is 27.7 Å². The molecule has 2 aliphatic rings. The molecule has 7 nitrogen and oxygen atoms in total. The smallest absolute Gasteiger partial charge is 0.410 e. The van der Waals surface area contributed by atoms with Gasteiger partial charge in [-0.15, -0.1) is 0 Å². The van der Waals surface area contributed by atoms with Crippen LogP contribution in [0.3, 0.4) is 0 Å². The van der Waals surface area contributed by atoms with E-state index in [2.05, 4.69) is 10.3 Å². The van der Waals surface area contributed by atoms with Gasteiger partial charge >= 0.3 is 6.09 Å². The fourth-order valence-corrected chi connectivity index (χ4v) is 4.74. The number of hydrogen-bond acceptors (Lipinski definition) is 5. The van der Waals surface area contributed by atoms with Gasteiger partial charge in [-0.1, -0.05) is 24.6 Å². The second-order valence-electron chi connectivity index (χ2n) is 6.07. The standard InChI is InChI=1S/C15H15F2N3O4S/c16-11-6-9(20(23)24)5-10(12(11)17)15-4-2-1-3-8(15)7-25-13(19-15)18-14(21)22/h5-6,8H,1-4,7H2,(H,18,19)(H,21,22). The van der Waals surface area contributed by atoms with Gasteiger partial charge in [-0.2, -0.15) is 0 Å². The molecule has 134 valence electrons. The number of nitrogens with one attached hydrogen (secondary N) is 1. The second kappa shape index (κ2) is 6.58. The summed E-state index contributed by atoms with van der Waals surface area (Å²) in [5.41, 5.74) is -1.92. The lowest BCUT2D eigenvalue weighted by Gasteiger charge is -2.44. The van der Waals surface area contributed by atoms with E-state index < -0.39 is 33.9 Å². The zero-order valence-electron chi connectivity index (χ0n) is 13.0. The molecule has 0 radical (unpaired) electrons. The van der Waals surface area contributed by atoms with Crippen LogP contribution in [0.4, 0.5) is 19.3 Å². The van der Waals surface area contributed by atoms with E-state index in [1.54, 1.807) is 0 Å². The molecule has 2 unspecified atom stereocenters. The number of carboxylic acid groups (broad SMARTS) is 1. The van der Waals surface area contributed by atoms with Crippen LogP contribution in [0.15, 0.2) is 17.1 Å². The molecule has 1 aromatic carbocycles. The van der Waals surface area contributed by atoms with Crippen molar-refractivity contribution >= 4 is 28.7 Å². The van der Waals surface area contributed by atoms with E-state index in [1.807, 2.05) is 0 Å². The number of halogens is 2. The SMILES string of the molecule is O=C(O)NC1=NC2(c3cc([N+](=O)[O-])cc(F)c3F)CCCCC2CS1. The predicted octanol–water partition coefficient (Wildman–Crippen LogP) is 3.63. The largest absolute Gasteiger partial charge is 0.465 e. The highest BCUT2D eigenvalue weighted by molar-refractivity contribution is 8.13. The minimum absolute atomic E-state index is 0.0944. The van der Waals surface area contributed by atoms with Crippen molar-refractivity contribution in [3.8, 4) is 0 Å². The van der Waals surface area contributed by atoms with Gasteiger partial charge in [-0.3, -0.25) is 20.4 Å². The zero-order valence-corrected chi connectivity index (χ0v) is 13.8. The van der Waals surface area contributed by atoms with E-state index in [4.69, 9.17) is 5.11 Å². The quantitative estimate of drug-likeness (QED) is 0.610. The number of amides is 1. The molecule has 25 heavy (non-hydrogen) atoms. The van der Waals surface area contributed by atoms with Crippen LogP contribution < -0.4 is 5.32 Å². The van der Waals surface area contributed by atoms with Gasteiger partial charge in [0.15, 0.2) is 16.8 Å². The highest BCUT2D eigenvalue weighted by Gasteiger charge is 2.47. The minimum atomic E-state index is -1.30. The minimum Gasteiger partial charge on any atom is -0.465 e. The summed E-state index contributed by atoms with van der Waals surface area (Å²) in [6, 6.07) is 1.57. The number of nitro benzene ring substituents is 1. The lowest BCUT2D eigenvalue weighted by atomic mass is 9.69. The Morgan fingerprint density at radius 1 is 1.44 bits per heavy atom. The van der Waals surface area contributed by atoms with Gasteiger partial charge in [-0.25, -0.2) is 13.6 Å². The lowest BCUT2D eigenvalue weighted by Crippen LogP contribution is -2.45. The monoisotopic (exact) mass is 371 g/mol. The summed E-state index contributed by atoms with van der Waals surface area (Å²) in [4.78, 5) is 25.6. The number of aliphatic imine (C=N–C) groups is 1. The van der Waals surface area contributed by atoms with Gasteiger partial charge in [0.1, 0.15) is 0 Å². The van der Waals surface area contributed by atoms with Gasteiger partial charge in [0, 0.05) is 17.4 Å². The average Bonchev–Trinajstić information content (AvgIpc) is 2.56. The Morgan fingerprint density at radius 2 is 2.20 bits per heavy atom. The molecule has 2 N–H and O–H groups in total. The third-order valence-corrected chi connectivity index (χ3v) is 5.70. The van der Waals surface area contributed by atoms with E-state index in [9.17, 15) is 23.7 Å². The van der Waals surface area contributed by atoms with Gasteiger partial charge in [0.25, 0.3) is 5.69 Å². The molecule has 10 heteroatoms. The van der Waals surface area contributed by atoms with Crippen molar-refractivity contribution in [2.24, 2.45) is 10.9 Å². The number of carbonyl (C=O) groups is 1. The summed E-state index contributed by atoms with van der Waals surface area (Å²) >= 11 is 1.20. The summed E-state index contributed by atoms with van der Waals surface area (Å²) in [6.07, 6.45) is 1.36. The van der Waals surface area contributed by atoms with E-state index >= 15 is 0 Å². The Morgan fingerprint density at radius 3 is 2.88 bits per heavy atom. The van der Waals surface area contributed by atoms with Crippen LogP contribution >= 0.6 is 11.8 Å². The fourth-order valence-electron chi connectivity index (χ4n) is 3.56. The maximum absolute atomic E-state index is 14.6. The van der Waals surface area contributed by atoms with Crippen molar-refractivity contribution in [3.05, 3.63) is 39.4 Å². The number of rotatable bonds is 2. The average molecular weight is 371 g/mol.